The molecule has 1 aliphatic rings. The summed E-state index contributed by atoms with van der Waals surface area (Å²) in [6.45, 7) is -0.324. The van der Waals surface area contributed by atoms with Gasteiger partial charge in [0.1, 0.15) is 11.6 Å². The van der Waals surface area contributed by atoms with Crippen LogP contribution in [-0.2, 0) is 0 Å². The first kappa shape index (κ1) is 14.6. The van der Waals surface area contributed by atoms with Gasteiger partial charge < -0.3 is 26.7 Å². The fraction of sp³-hybridized carbons (Fsp3) is 0.231. The van der Waals surface area contributed by atoms with E-state index >= 15 is 0 Å². The molecular formula is C13H14N6O4. The highest BCUT2D eigenvalue weighted by atomic mass is 16.7. The van der Waals surface area contributed by atoms with Crippen LogP contribution in [0.4, 0.5) is 17.6 Å². The van der Waals surface area contributed by atoms with E-state index in [1.807, 2.05) is 0 Å². The van der Waals surface area contributed by atoms with Gasteiger partial charge in [0.15, 0.2) is 11.5 Å². The van der Waals surface area contributed by atoms with Crippen molar-refractivity contribution in [2.45, 2.75) is 5.92 Å². The maximum Gasteiger partial charge on any atom is 0.231 e. The van der Waals surface area contributed by atoms with E-state index in [4.69, 9.17) is 26.7 Å². The third-order valence-corrected chi connectivity index (χ3v) is 3.50. The lowest BCUT2D eigenvalue weighted by Crippen LogP contribution is -2.19. The second-order valence-electron chi connectivity index (χ2n) is 4.95. The number of aromatic nitrogens is 2. The molecule has 23 heavy (non-hydrogen) atoms. The lowest BCUT2D eigenvalue weighted by Gasteiger charge is -2.17. The number of rotatable bonds is 4. The molecule has 2 heterocycles. The second-order valence-corrected chi connectivity index (χ2v) is 4.95. The minimum Gasteiger partial charge on any atom is -0.454 e. The van der Waals surface area contributed by atoms with Crippen LogP contribution in [0, 0.1) is 10.1 Å². The SMILES string of the molecule is Nc1nc(N)c(C(C[N+](=O)[O-])c2ccc3c(c2)OCO3)c(N)n1. The molecule has 0 amide bonds. The van der Waals surface area contributed by atoms with Crippen molar-refractivity contribution in [1.82, 2.24) is 9.97 Å². The number of fused-ring (bicyclic) bond motifs is 1. The van der Waals surface area contributed by atoms with E-state index in [0.717, 1.165) is 0 Å². The largest absolute Gasteiger partial charge is 0.454 e. The average molecular weight is 318 g/mol. The molecule has 0 aliphatic carbocycles. The van der Waals surface area contributed by atoms with Gasteiger partial charge in [-0.2, -0.15) is 9.97 Å². The minimum absolute atomic E-state index is 0.0134. The Bertz CT molecular complexity index is 758. The molecule has 1 aliphatic heterocycles. The molecule has 0 spiro atoms. The van der Waals surface area contributed by atoms with Gasteiger partial charge in [-0.3, -0.25) is 10.1 Å². The summed E-state index contributed by atoms with van der Waals surface area (Å²) in [6, 6.07) is 5.03. The third-order valence-electron chi connectivity index (χ3n) is 3.50. The quantitative estimate of drug-likeness (QED) is 0.532. The summed E-state index contributed by atoms with van der Waals surface area (Å²) in [6.07, 6.45) is 0. The Kier molecular flexibility index (Phi) is 3.48. The van der Waals surface area contributed by atoms with Crippen molar-refractivity contribution in [1.29, 1.82) is 0 Å². The van der Waals surface area contributed by atoms with E-state index in [-0.39, 0.29) is 29.9 Å². The van der Waals surface area contributed by atoms with E-state index in [9.17, 15) is 10.1 Å². The molecule has 10 nitrogen and oxygen atoms in total. The molecule has 120 valence electrons. The van der Waals surface area contributed by atoms with Crippen molar-refractivity contribution in [3.63, 3.8) is 0 Å². The van der Waals surface area contributed by atoms with Gasteiger partial charge in [0.05, 0.1) is 11.5 Å². The summed E-state index contributed by atoms with van der Waals surface area (Å²) in [5, 5.41) is 11.1. The maximum atomic E-state index is 11.1. The van der Waals surface area contributed by atoms with Crippen molar-refractivity contribution in [2.75, 3.05) is 30.5 Å². The van der Waals surface area contributed by atoms with Crippen LogP contribution in [0.2, 0.25) is 0 Å². The summed E-state index contributed by atoms with van der Waals surface area (Å²) < 4.78 is 10.5. The Morgan fingerprint density at radius 1 is 1.17 bits per heavy atom. The van der Waals surface area contributed by atoms with Gasteiger partial charge in [0.25, 0.3) is 0 Å². The molecule has 1 aromatic carbocycles. The molecular weight excluding hydrogens is 304 g/mol. The zero-order valence-electron chi connectivity index (χ0n) is 11.9. The predicted octanol–water partition coefficient (Wildman–Crippen LogP) is 0.360. The van der Waals surface area contributed by atoms with E-state index < -0.39 is 17.4 Å². The van der Waals surface area contributed by atoms with Crippen molar-refractivity contribution in [3.8, 4) is 11.5 Å². The molecule has 3 rings (SSSR count). The van der Waals surface area contributed by atoms with Crippen molar-refractivity contribution < 1.29 is 14.4 Å². The number of hydrogen-bond acceptors (Lipinski definition) is 9. The number of hydrogen-bond donors (Lipinski definition) is 3. The minimum atomic E-state index is -0.736. The molecule has 0 bridgehead atoms. The van der Waals surface area contributed by atoms with Crippen molar-refractivity contribution >= 4 is 17.6 Å². The zero-order valence-corrected chi connectivity index (χ0v) is 11.9. The number of nitro groups is 1. The third kappa shape index (κ3) is 2.73. The van der Waals surface area contributed by atoms with E-state index in [1.54, 1.807) is 18.2 Å². The normalized spacial score (nSPS) is 13.7. The smallest absolute Gasteiger partial charge is 0.231 e. The van der Waals surface area contributed by atoms with Crippen LogP contribution in [0.15, 0.2) is 18.2 Å². The number of ether oxygens (including phenoxy) is 2. The fourth-order valence-corrected chi connectivity index (χ4v) is 2.52. The van der Waals surface area contributed by atoms with E-state index in [0.29, 0.717) is 17.1 Å². The van der Waals surface area contributed by atoms with Crippen molar-refractivity contribution in [2.24, 2.45) is 0 Å². The highest BCUT2D eigenvalue weighted by Crippen LogP contribution is 2.38. The molecule has 1 atom stereocenters. The Morgan fingerprint density at radius 2 is 1.83 bits per heavy atom. The summed E-state index contributed by atoms with van der Waals surface area (Å²) >= 11 is 0. The van der Waals surface area contributed by atoms with Crippen LogP contribution in [0.25, 0.3) is 0 Å². The van der Waals surface area contributed by atoms with Gasteiger partial charge >= 0.3 is 0 Å². The molecule has 1 aromatic heterocycles. The van der Waals surface area contributed by atoms with Crippen LogP contribution in [0.5, 0.6) is 11.5 Å². The lowest BCUT2D eigenvalue weighted by atomic mass is 9.91. The molecule has 0 radical (unpaired) electrons. The first-order valence-corrected chi connectivity index (χ1v) is 6.65. The Balaban J connectivity index is 2.10. The predicted molar refractivity (Wildman–Crippen MR) is 81.5 cm³/mol. The van der Waals surface area contributed by atoms with E-state index in [2.05, 4.69) is 9.97 Å². The molecule has 1 unspecified atom stereocenters. The Labute approximate surface area is 130 Å². The summed E-state index contributed by atoms with van der Waals surface area (Å²) in [5.41, 5.74) is 18.1. The highest BCUT2D eigenvalue weighted by Gasteiger charge is 2.28. The molecule has 10 heteroatoms. The van der Waals surface area contributed by atoms with Gasteiger partial charge in [0, 0.05) is 4.92 Å². The van der Waals surface area contributed by atoms with Gasteiger partial charge in [-0.25, -0.2) is 0 Å². The second kappa shape index (κ2) is 5.48. The molecule has 6 N–H and O–H groups in total. The number of anilines is 3. The van der Waals surface area contributed by atoms with Gasteiger partial charge in [-0.1, -0.05) is 6.07 Å². The standard InChI is InChI=1S/C13H14N6O4/c14-11-10(12(15)18-13(16)17-11)7(4-19(20)21)6-1-2-8-9(3-6)23-5-22-8/h1-3,7H,4-5H2,(H6,14,15,16,17,18). The zero-order chi connectivity index (χ0) is 16.6. The summed E-state index contributed by atoms with van der Waals surface area (Å²) in [4.78, 5) is 18.3. The molecule has 0 saturated heterocycles. The summed E-state index contributed by atoms with van der Waals surface area (Å²) in [7, 11) is 0. The highest BCUT2D eigenvalue weighted by molar-refractivity contribution is 5.61. The lowest BCUT2D eigenvalue weighted by molar-refractivity contribution is -0.481. The number of benzene rings is 1. The van der Waals surface area contributed by atoms with Gasteiger partial charge in [-0.05, 0) is 17.7 Å². The molecule has 0 fully saturated rings. The van der Waals surface area contributed by atoms with Gasteiger partial charge in [0.2, 0.25) is 19.3 Å². The number of nitrogens with zero attached hydrogens (tertiary/aromatic N) is 3. The summed E-state index contributed by atoms with van der Waals surface area (Å²) in [5.74, 6) is 0.279. The van der Waals surface area contributed by atoms with Crippen LogP contribution in [0.3, 0.4) is 0 Å². The molecule has 0 saturated carbocycles. The van der Waals surface area contributed by atoms with Crippen LogP contribution in [0.1, 0.15) is 17.0 Å². The Morgan fingerprint density at radius 3 is 2.48 bits per heavy atom. The van der Waals surface area contributed by atoms with E-state index in [1.165, 1.54) is 0 Å². The van der Waals surface area contributed by atoms with Crippen molar-refractivity contribution in [3.05, 3.63) is 39.4 Å². The average Bonchev–Trinajstić information content (AvgIpc) is 2.92. The van der Waals surface area contributed by atoms with Crippen LogP contribution >= 0.6 is 0 Å². The maximum absolute atomic E-state index is 11.1. The van der Waals surface area contributed by atoms with Gasteiger partial charge in [-0.15, -0.1) is 0 Å². The number of nitrogens with two attached hydrogens (primary N) is 3. The number of nitrogen functional groups attached to an aromatic ring is 3. The molecule has 2 aromatic rings. The van der Waals surface area contributed by atoms with Crippen LogP contribution in [-0.4, -0.2) is 28.2 Å². The topological polar surface area (TPSA) is 165 Å². The fourth-order valence-electron chi connectivity index (χ4n) is 2.52. The first-order chi connectivity index (χ1) is 11.0. The Hall–Kier alpha value is -3.30. The first-order valence-electron chi connectivity index (χ1n) is 6.65. The monoisotopic (exact) mass is 318 g/mol. The van der Waals surface area contributed by atoms with Crippen LogP contribution < -0.4 is 26.7 Å².